The Balaban J connectivity index is 2.78. The van der Waals surface area contributed by atoms with Gasteiger partial charge >= 0.3 is 0 Å². The second-order valence-corrected chi connectivity index (χ2v) is 5.83. The van der Waals surface area contributed by atoms with E-state index in [0.29, 0.717) is 17.8 Å². The number of hydrogen-bond acceptors (Lipinski definition) is 2. The van der Waals surface area contributed by atoms with Crippen LogP contribution in [-0.4, -0.2) is 25.7 Å². The average molecular weight is 225 g/mol. The van der Waals surface area contributed by atoms with Gasteiger partial charge in [-0.2, -0.15) is 0 Å². The molecule has 0 aromatic heterocycles. The van der Waals surface area contributed by atoms with E-state index in [9.17, 15) is 0 Å². The Hall–Kier alpha value is -0.0151. The molecule has 1 aliphatic heterocycles. The van der Waals surface area contributed by atoms with E-state index in [1.807, 2.05) is 14.1 Å². The van der Waals surface area contributed by atoms with Crippen LogP contribution in [0.15, 0.2) is 0 Å². The first-order valence-corrected chi connectivity index (χ1v) is 6.50. The van der Waals surface area contributed by atoms with Gasteiger partial charge in [0.15, 0.2) is 7.28 Å². The monoisotopic (exact) mass is 225 g/mol. The second kappa shape index (κ2) is 5.55. The van der Waals surface area contributed by atoms with Crippen LogP contribution in [-0.2, 0) is 9.47 Å². The summed E-state index contributed by atoms with van der Waals surface area (Å²) in [6.07, 6.45) is 0.969. The van der Waals surface area contributed by atoms with Crippen molar-refractivity contribution in [3.05, 3.63) is 0 Å². The third kappa shape index (κ3) is 3.01. The minimum Gasteiger partial charge on any atom is -0.358 e. The van der Waals surface area contributed by atoms with Crippen molar-refractivity contribution in [2.24, 2.45) is 17.8 Å². The van der Waals surface area contributed by atoms with E-state index in [-0.39, 0.29) is 11.8 Å². The van der Waals surface area contributed by atoms with Gasteiger partial charge in [-0.25, -0.2) is 0 Å². The van der Waals surface area contributed by atoms with Gasteiger partial charge in [0.25, 0.3) is 0 Å². The summed E-state index contributed by atoms with van der Waals surface area (Å²) in [4.78, 5) is 0. The number of hydrogen-bond donors (Lipinski definition) is 0. The second-order valence-electron chi connectivity index (χ2n) is 5.83. The fourth-order valence-electron chi connectivity index (χ4n) is 2.52. The Morgan fingerprint density at radius 1 is 1.25 bits per heavy atom. The van der Waals surface area contributed by atoms with Crippen LogP contribution < -0.4 is 0 Å². The molecule has 0 aromatic carbocycles. The first kappa shape index (κ1) is 14.0. The molecule has 1 aliphatic rings. The van der Waals surface area contributed by atoms with Crippen LogP contribution in [0.1, 0.15) is 41.0 Å². The number of rotatable bonds is 5. The lowest BCUT2D eigenvalue weighted by Crippen LogP contribution is -2.43. The summed E-state index contributed by atoms with van der Waals surface area (Å²) in [6.45, 7) is 14.0. The molecule has 3 heteroatoms. The summed E-state index contributed by atoms with van der Waals surface area (Å²) in [5.74, 6) is 1.79. The van der Waals surface area contributed by atoms with Crippen LogP contribution in [0, 0.1) is 17.8 Å². The third-order valence-corrected chi connectivity index (χ3v) is 3.70. The fourth-order valence-corrected chi connectivity index (χ4v) is 2.52. The van der Waals surface area contributed by atoms with E-state index in [0.717, 1.165) is 13.0 Å². The molecule has 2 nitrogen and oxygen atoms in total. The summed E-state index contributed by atoms with van der Waals surface area (Å²) in [7, 11) is 2.00. The Bertz CT molecular complexity index is 218. The van der Waals surface area contributed by atoms with E-state index < -0.39 is 0 Å². The van der Waals surface area contributed by atoms with E-state index in [4.69, 9.17) is 9.47 Å². The van der Waals surface area contributed by atoms with Gasteiger partial charge in [-0.15, -0.1) is 0 Å². The maximum atomic E-state index is 6.15. The molecule has 0 amide bonds. The molecule has 1 heterocycles. The average Bonchev–Trinajstić information content (AvgIpc) is 2.60. The van der Waals surface area contributed by atoms with Crippen molar-refractivity contribution >= 4 is 7.28 Å². The highest BCUT2D eigenvalue weighted by molar-refractivity contribution is 6.34. The quantitative estimate of drug-likeness (QED) is 0.669. The van der Waals surface area contributed by atoms with E-state index in [2.05, 4.69) is 34.6 Å². The van der Waals surface area contributed by atoms with E-state index in [1.165, 1.54) is 0 Å². The molecule has 0 saturated carbocycles. The molecular weight excluding hydrogens is 199 g/mol. The molecule has 0 N–H and O–H groups in total. The summed E-state index contributed by atoms with van der Waals surface area (Å²) in [5, 5.41) is 0. The van der Waals surface area contributed by atoms with Gasteiger partial charge in [0.2, 0.25) is 0 Å². The first-order chi connectivity index (χ1) is 7.41. The van der Waals surface area contributed by atoms with Crippen LogP contribution in [0.5, 0.6) is 0 Å². The molecule has 0 aromatic rings. The highest BCUT2D eigenvalue weighted by Gasteiger charge is 2.46. The van der Waals surface area contributed by atoms with E-state index in [1.54, 1.807) is 0 Å². The molecule has 1 radical (unpaired) electrons. The van der Waals surface area contributed by atoms with Crippen molar-refractivity contribution in [3.63, 3.8) is 0 Å². The Labute approximate surface area is 101 Å². The zero-order valence-corrected chi connectivity index (χ0v) is 11.6. The summed E-state index contributed by atoms with van der Waals surface area (Å²) >= 11 is 0. The van der Waals surface area contributed by atoms with Crippen molar-refractivity contribution in [1.82, 2.24) is 0 Å². The molecule has 3 atom stereocenters. The van der Waals surface area contributed by atoms with Crippen molar-refractivity contribution in [2.45, 2.75) is 59.7 Å². The van der Waals surface area contributed by atoms with Gasteiger partial charge in [0, 0.05) is 0 Å². The van der Waals surface area contributed by atoms with Crippen LogP contribution in [0.25, 0.3) is 0 Å². The molecule has 3 unspecified atom stereocenters. The lowest BCUT2D eigenvalue weighted by atomic mass is 9.76. The molecule has 93 valence electrons. The third-order valence-electron chi connectivity index (χ3n) is 3.70. The van der Waals surface area contributed by atoms with Crippen molar-refractivity contribution in [3.8, 4) is 0 Å². The van der Waals surface area contributed by atoms with E-state index >= 15 is 0 Å². The highest BCUT2D eigenvalue weighted by Crippen LogP contribution is 2.39. The molecule has 0 spiro atoms. The standard InChI is InChI=1S/C13H26BO2/c1-9(2)7-13(11(5)10(3)4)8-15-12(14-6)16-13/h9-12H,7-8H2,1-6H3. The van der Waals surface area contributed by atoms with Gasteiger partial charge in [-0.1, -0.05) is 41.4 Å². The fraction of sp³-hybridized carbons (Fsp3) is 1.00. The maximum Gasteiger partial charge on any atom is 0.183 e. The summed E-state index contributed by atoms with van der Waals surface area (Å²) in [5.41, 5.74) is -0.0838. The normalized spacial score (nSPS) is 32.4. The van der Waals surface area contributed by atoms with Crippen LogP contribution in [0.3, 0.4) is 0 Å². The molecule has 1 rings (SSSR count). The SMILES string of the molecule is C[B]C1OCC(CC(C)C)(C(C)C(C)C)O1. The predicted octanol–water partition coefficient (Wildman–Crippen LogP) is 3.15. The maximum absolute atomic E-state index is 6.15. The molecule has 0 bridgehead atoms. The number of ether oxygens (including phenoxy) is 2. The Morgan fingerprint density at radius 3 is 2.25 bits per heavy atom. The zero-order valence-electron chi connectivity index (χ0n) is 11.6. The Morgan fingerprint density at radius 2 is 1.88 bits per heavy atom. The minimum atomic E-state index is -0.111. The topological polar surface area (TPSA) is 18.5 Å². The van der Waals surface area contributed by atoms with Gasteiger partial charge in [0.1, 0.15) is 6.19 Å². The summed E-state index contributed by atoms with van der Waals surface area (Å²) < 4.78 is 11.9. The molecule has 16 heavy (non-hydrogen) atoms. The van der Waals surface area contributed by atoms with Crippen LogP contribution in [0.2, 0.25) is 6.82 Å². The molecular formula is C13H26BO2. The predicted molar refractivity (Wildman–Crippen MR) is 68.6 cm³/mol. The smallest absolute Gasteiger partial charge is 0.183 e. The lowest BCUT2D eigenvalue weighted by molar-refractivity contribution is -0.0845. The molecule has 1 fully saturated rings. The largest absolute Gasteiger partial charge is 0.358 e. The van der Waals surface area contributed by atoms with Gasteiger partial charge in [-0.3, -0.25) is 0 Å². The van der Waals surface area contributed by atoms with Crippen molar-refractivity contribution < 1.29 is 9.47 Å². The van der Waals surface area contributed by atoms with Gasteiger partial charge in [-0.05, 0) is 24.2 Å². The lowest BCUT2D eigenvalue weighted by Gasteiger charge is -2.37. The van der Waals surface area contributed by atoms with Crippen molar-refractivity contribution in [2.75, 3.05) is 6.61 Å². The Kier molecular flexibility index (Phi) is 4.87. The van der Waals surface area contributed by atoms with Crippen LogP contribution in [0.4, 0.5) is 0 Å². The first-order valence-electron chi connectivity index (χ1n) is 6.50. The van der Waals surface area contributed by atoms with Crippen LogP contribution >= 0.6 is 0 Å². The molecule has 1 saturated heterocycles. The van der Waals surface area contributed by atoms with Gasteiger partial charge in [0.05, 0.1) is 12.2 Å². The van der Waals surface area contributed by atoms with Gasteiger partial charge < -0.3 is 9.47 Å². The highest BCUT2D eigenvalue weighted by atomic mass is 16.7. The minimum absolute atomic E-state index is 0.0838. The summed E-state index contributed by atoms with van der Waals surface area (Å²) in [6, 6.07) is 0. The zero-order chi connectivity index (χ0) is 12.3. The molecule has 0 aliphatic carbocycles. The van der Waals surface area contributed by atoms with Crippen molar-refractivity contribution in [1.29, 1.82) is 0 Å².